The maximum Gasteiger partial charge on any atom is 0.324 e. The van der Waals surface area contributed by atoms with E-state index in [0.717, 1.165) is 30.4 Å². The second-order valence-corrected chi connectivity index (χ2v) is 8.12. The summed E-state index contributed by atoms with van der Waals surface area (Å²) in [4.78, 5) is 19.2. The van der Waals surface area contributed by atoms with Crippen molar-refractivity contribution in [1.29, 1.82) is 0 Å². The van der Waals surface area contributed by atoms with Gasteiger partial charge in [0, 0.05) is 31.1 Å². The van der Waals surface area contributed by atoms with E-state index in [1.54, 1.807) is 14.2 Å². The second kappa shape index (κ2) is 10.4. The minimum absolute atomic E-state index is 0.00981. The van der Waals surface area contributed by atoms with Gasteiger partial charge in [-0.1, -0.05) is 36.3 Å². The fourth-order valence-corrected chi connectivity index (χ4v) is 4.00. The Balaban J connectivity index is 1.31. The molecule has 0 spiro atoms. The van der Waals surface area contributed by atoms with E-state index in [4.69, 9.17) is 14.0 Å². The van der Waals surface area contributed by atoms with Gasteiger partial charge in [-0.25, -0.2) is 0 Å². The second-order valence-electron chi connectivity index (χ2n) is 8.12. The number of piperidine rings is 1. The first kappa shape index (κ1) is 22.6. The molecular formula is C25H30N4O4. The monoisotopic (exact) mass is 450 g/mol. The van der Waals surface area contributed by atoms with E-state index in [-0.39, 0.29) is 11.8 Å². The molecule has 1 N–H and O–H groups in total. The number of nitrogens with one attached hydrogen (secondary N) is 1. The van der Waals surface area contributed by atoms with E-state index in [1.165, 1.54) is 5.56 Å². The smallest absolute Gasteiger partial charge is 0.324 e. The molecule has 1 amide bonds. The van der Waals surface area contributed by atoms with Crippen LogP contribution in [-0.2, 0) is 17.8 Å². The first-order valence-electron chi connectivity index (χ1n) is 11.3. The van der Waals surface area contributed by atoms with Crippen LogP contribution in [0, 0.1) is 5.92 Å². The summed E-state index contributed by atoms with van der Waals surface area (Å²) < 4.78 is 16.1. The topological polar surface area (TPSA) is 89.7 Å². The Bertz CT molecular complexity index is 1070. The highest BCUT2D eigenvalue weighted by Gasteiger charge is 2.27. The van der Waals surface area contributed by atoms with E-state index < -0.39 is 0 Å². The average Bonchev–Trinajstić information content (AvgIpc) is 3.37. The molecule has 1 fully saturated rings. The molecule has 0 atom stereocenters. The number of hydrogen-bond acceptors (Lipinski definition) is 7. The largest absolute Gasteiger partial charge is 0.493 e. The lowest BCUT2D eigenvalue weighted by atomic mass is 9.96. The molecule has 174 valence electrons. The van der Waals surface area contributed by atoms with Crippen molar-refractivity contribution in [3.05, 3.63) is 53.6 Å². The van der Waals surface area contributed by atoms with Crippen molar-refractivity contribution in [3.63, 3.8) is 0 Å². The molecule has 1 aliphatic heterocycles. The molecule has 3 aromatic rings. The molecular weight excluding hydrogens is 420 g/mol. The Hall–Kier alpha value is -3.55. The number of benzene rings is 2. The van der Waals surface area contributed by atoms with Gasteiger partial charge in [-0.05, 0) is 48.6 Å². The molecule has 0 aliphatic carbocycles. The van der Waals surface area contributed by atoms with Gasteiger partial charge in [0.25, 0.3) is 0 Å². The van der Waals surface area contributed by atoms with Crippen molar-refractivity contribution in [1.82, 2.24) is 15.5 Å². The predicted molar refractivity (Wildman–Crippen MR) is 125 cm³/mol. The fourth-order valence-electron chi connectivity index (χ4n) is 4.00. The number of aryl methyl sites for hydroxylation is 1. The highest BCUT2D eigenvalue weighted by Crippen LogP contribution is 2.32. The van der Waals surface area contributed by atoms with Crippen molar-refractivity contribution in [2.45, 2.75) is 32.7 Å². The maximum absolute atomic E-state index is 12.6. The molecule has 4 rings (SSSR count). The Morgan fingerprint density at radius 3 is 2.42 bits per heavy atom. The van der Waals surface area contributed by atoms with Crippen molar-refractivity contribution in [3.8, 4) is 22.9 Å². The Morgan fingerprint density at radius 1 is 1.06 bits per heavy atom. The third kappa shape index (κ3) is 5.27. The maximum atomic E-state index is 12.6. The van der Waals surface area contributed by atoms with Gasteiger partial charge < -0.3 is 24.2 Å². The molecule has 2 heterocycles. The molecule has 1 aromatic heterocycles. The molecule has 2 aromatic carbocycles. The summed E-state index contributed by atoms with van der Waals surface area (Å²) in [7, 11) is 3.18. The molecule has 33 heavy (non-hydrogen) atoms. The van der Waals surface area contributed by atoms with Gasteiger partial charge in [0.1, 0.15) is 0 Å². The molecule has 1 saturated heterocycles. The minimum atomic E-state index is -0.00981. The van der Waals surface area contributed by atoms with Gasteiger partial charge in [-0.2, -0.15) is 4.98 Å². The van der Waals surface area contributed by atoms with Gasteiger partial charge in [-0.3, -0.25) is 4.79 Å². The summed E-state index contributed by atoms with van der Waals surface area (Å²) in [6.45, 7) is 4.07. The van der Waals surface area contributed by atoms with Crippen LogP contribution < -0.4 is 19.7 Å². The van der Waals surface area contributed by atoms with E-state index in [1.807, 2.05) is 23.1 Å². The summed E-state index contributed by atoms with van der Waals surface area (Å²) >= 11 is 0. The van der Waals surface area contributed by atoms with Crippen LogP contribution in [-0.4, -0.2) is 43.4 Å². The van der Waals surface area contributed by atoms with Crippen LogP contribution >= 0.6 is 0 Å². The minimum Gasteiger partial charge on any atom is -0.493 e. The van der Waals surface area contributed by atoms with E-state index >= 15 is 0 Å². The van der Waals surface area contributed by atoms with E-state index in [2.05, 4.69) is 46.6 Å². The van der Waals surface area contributed by atoms with Crippen LogP contribution in [0.1, 0.15) is 30.9 Å². The van der Waals surface area contributed by atoms with Crippen molar-refractivity contribution < 1.29 is 18.8 Å². The number of ether oxygens (including phenoxy) is 2. The van der Waals surface area contributed by atoms with Crippen LogP contribution in [0.5, 0.6) is 11.5 Å². The normalized spacial score (nSPS) is 14.2. The summed E-state index contributed by atoms with van der Waals surface area (Å²) in [5.41, 5.74) is 3.20. The molecule has 8 heteroatoms. The molecule has 1 aliphatic rings. The van der Waals surface area contributed by atoms with E-state index in [9.17, 15) is 4.79 Å². The molecule has 0 radical (unpaired) electrons. The number of rotatable bonds is 8. The lowest BCUT2D eigenvalue weighted by Gasteiger charge is -2.29. The van der Waals surface area contributed by atoms with Crippen LogP contribution in [0.2, 0.25) is 0 Å². The number of carbonyl (C=O) groups excluding carboxylic acids is 1. The van der Waals surface area contributed by atoms with Crippen LogP contribution in [0.25, 0.3) is 11.4 Å². The van der Waals surface area contributed by atoms with Gasteiger partial charge >= 0.3 is 6.01 Å². The number of amides is 1. The summed E-state index contributed by atoms with van der Waals surface area (Å²) in [6.07, 6.45) is 2.50. The predicted octanol–water partition coefficient (Wildman–Crippen LogP) is 3.85. The standard InChI is InChI=1S/C25H30N4O4/c1-4-17-5-7-18(8-6-17)16-26-24(30)19-11-13-29(14-12-19)25-27-23(28-33-25)20-9-10-21(31-2)22(15-20)32-3/h5-10,15,19H,4,11-14,16H2,1-3H3,(H,26,30). The third-order valence-electron chi connectivity index (χ3n) is 6.09. The van der Waals surface area contributed by atoms with Gasteiger partial charge in [0.2, 0.25) is 11.7 Å². The fraction of sp³-hybridized carbons (Fsp3) is 0.400. The van der Waals surface area contributed by atoms with E-state index in [0.29, 0.717) is 43.0 Å². The first-order chi connectivity index (χ1) is 16.1. The first-order valence-corrected chi connectivity index (χ1v) is 11.3. The zero-order chi connectivity index (χ0) is 23.2. The van der Waals surface area contributed by atoms with Gasteiger partial charge in [0.15, 0.2) is 11.5 Å². The number of carbonyl (C=O) groups is 1. The Kier molecular flexibility index (Phi) is 7.12. The third-order valence-corrected chi connectivity index (χ3v) is 6.09. The average molecular weight is 451 g/mol. The number of hydrogen-bond donors (Lipinski definition) is 1. The Labute approximate surface area is 193 Å². The van der Waals surface area contributed by atoms with Crippen molar-refractivity contribution in [2.75, 3.05) is 32.2 Å². The van der Waals surface area contributed by atoms with Gasteiger partial charge in [0.05, 0.1) is 14.2 Å². The summed E-state index contributed by atoms with van der Waals surface area (Å²) in [6, 6.07) is 14.3. The van der Waals surface area contributed by atoms with Crippen LogP contribution in [0.4, 0.5) is 6.01 Å². The van der Waals surface area contributed by atoms with Crippen molar-refractivity contribution in [2.24, 2.45) is 5.92 Å². The summed E-state index contributed by atoms with van der Waals surface area (Å²) in [5.74, 6) is 1.83. The molecule has 0 saturated carbocycles. The number of anilines is 1. The van der Waals surface area contributed by atoms with Crippen LogP contribution in [0.15, 0.2) is 47.0 Å². The SMILES string of the molecule is CCc1ccc(CNC(=O)C2CCN(c3nc(-c4ccc(OC)c(OC)c4)no3)CC2)cc1. The molecule has 0 unspecified atom stereocenters. The molecule has 8 nitrogen and oxygen atoms in total. The van der Waals surface area contributed by atoms with Crippen molar-refractivity contribution >= 4 is 11.9 Å². The highest BCUT2D eigenvalue weighted by molar-refractivity contribution is 5.79. The van der Waals surface area contributed by atoms with Gasteiger partial charge in [-0.15, -0.1) is 0 Å². The summed E-state index contributed by atoms with van der Waals surface area (Å²) in [5, 5.41) is 7.19. The Morgan fingerprint density at radius 2 is 1.76 bits per heavy atom. The zero-order valence-electron chi connectivity index (χ0n) is 19.3. The number of aromatic nitrogens is 2. The lowest BCUT2D eigenvalue weighted by molar-refractivity contribution is -0.125. The number of methoxy groups -OCH3 is 2. The zero-order valence-corrected chi connectivity index (χ0v) is 19.3. The highest BCUT2D eigenvalue weighted by atomic mass is 16.5. The quantitative estimate of drug-likeness (QED) is 0.557. The molecule has 0 bridgehead atoms. The van der Waals surface area contributed by atoms with Crippen LogP contribution in [0.3, 0.4) is 0 Å². The lowest BCUT2D eigenvalue weighted by Crippen LogP contribution is -2.40. The number of nitrogens with zero attached hydrogens (tertiary/aromatic N) is 3.